The molecule has 1 aliphatic heterocycles. The minimum absolute atomic E-state index is 0.201. The van der Waals surface area contributed by atoms with Crippen molar-refractivity contribution in [1.29, 1.82) is 0 Å². The molecule has 0 amide bonds. The number of para-hydroxylation sites is 2. The van der Waals surface area contributed by atoms with Crippen molar-refractivity contribution in [2.24, 2.45) is 0 Å². The lowest BCUT2D eigenvalue weighted by Gasteiger charge is -2.21. The number of hydrogen-bond acceptors (Lipinski definition) is 0. The summed E-state index contributed by atoms with van der Waals surface area (Å²) in [5, 5.41) is 2.58. The Morgan fingerprint density at radius 2 is 1.04 bits per heavy atom. The maximum atomic E-state index is 2.56. The Labute approximate surface area is 263 Å². The van der Waals surface area contributed by atoms with E-state index in [0.717, 1.165) is 0 Å². The molecule has 3 heterocycles. The molecule has 0 unspecified atom stereocenters. The molecule has 9 rings (SSSR count). The highest BCUT2D eigenvalue weighted by molar-refractivity contribution is 6.18. The lowest BCUT2D eigenvalue weighted by molar-refractivity contribution is 0.646. The van der Waals surface area contributed by atoms with E-state index in [4.69, 9.17) is 0 Å². The van der Waals surface area contributed by atoms with Crippen molar-refractivity contribution >= 4 is 21.8 Å². The van der Waals surface area contributed by atoms with Gasteiger partial charge >= 0.3 is 0 Å². The summed E-state index contributed by atoms with van der Waals surface area (Å²) >= 11 is 0. The molecule has 0 saturated carbocycles. The van der Waals surface area contributed by atoms with Crippen LogP contribution in [-0.4, -0.2) is 9.13 Å². The fourth-order valence-corrected chi connectivity index (χ4v) is 7.65. The molecule has 0 spiro atoms. The fraction of sp³-hybridized carbons (Fsp3) is 0.0698. The Morgan fingerprint density at radius 3 is 1.80 bits per heavy atom. The molecule has 0 N–H and O–H groups in total. The zero-order chi connectivity index (χ0) is 30.1. The summed E-state index contributed by atoms with van der Waals surface area (Å²) in [6.45, 7) is 4.77. The molecule has 45 heavy (non-hydrogen) atoms. The van der Waals surface area contributed by atoms with Crippen LogP contribution in [0.15, 0.2) is 158 Å². The Hall–Kier alpha value is -5.60. The smallest absolute Gasteiger partial charge is 0.0770 e. The van der Waals surface area contributed by atoms with Gasteiger partial charge in [0, 0.05) is 21.9 Å². The third-order valence-electron chi connectivity index (χ3n) is 9.65. The Bertz CT molecular complexity index is 2390. The molecule has 214 valence electrons. The summed E-state index contributed by atoms with van der Waals surface area (Å²) in [5.74, 6) is 0. The van der Waals surface area contributed by atoms with Crippen molar-refractivity contribution < 1.29 is 0 Å². The number of benzene rings is 6. The quantitative estimate of drug-likeness (QED) is 0.197. The van der Waals surface area contributed by atoms with Crippen LogP contribution in [0.2, 0.25) is 0 Å². The number of fused-ring (bicyclic) bond motifs is 7. The second-order valence-electron chi connectivity index (χ2n) is 12.6. The summed E-state index contributed by atoms with van der Waals surface area (Å²) < 4.78 is 5.08. The summed E-state index contributed by atoms with van der Waals surface area (Å²) in [5.41, 5.74) is 14.8. The van der Waals surface area contributed by atoms with E-state index in [1.54, 1.807) is 0 Å². The summed E-state index contributed by atoms with van der Waals surface area (Å²) in [6.07, 6.45) is 0. The number of aromatic nitrogens is 2. The van der Waals surface area contributed by atoms with Crippen LogP contribution in [0.25, 0.3) is 66.7 Å². The summed E-state index contributed by atoms with van der Waals surface area (Å²) in [7, 11) is 0. The van der Waals surface area contributed by atoms with E-state index in [1.165, 1.54) is 77.9 Å². The summed E-state index contributed by atoms with van der Waals surface area (Å²) in [6, 6.07) is 57.4. The number of rotatable bonds is 4. The molecule has 1 aliphatic rings. The largest absolute Gasteiger partial charge is 0.310 e. The molecule has 0 fully saturated rings. The van der Waals surface area contributed by atoms with Gasteiger partial charge in [-0.15, -0.1) is 0 Å². The first-order valence-electron chi connectivity index (χ1n) is 15.7. The predicted molar refractivity (Wildman–Crippen MR) is 189 cm³/mol. The lowest BCUT2D eigenvalue weighted by atomic mass is 9.83. The third-order valence-corrected chi connectivity index (χ3v) is 9.65. The highest BCUT2D eigenvalue weighted by Crippen LogP contribution is 2.53. The van der Waals surface area contributed by atoms with Gasteiger partial charge < -0.3 is 9.13 Å². The van der Waals surface area contributed by atoms with E-state index in [0.29, 0.717) is 0 Å². The molecule has 6 aromatic carbocycles. The van der Waals surface area contributed by atoms with Gasteiger partial charge in [0.25, 0.3) is 0 Å². The first kappa shape index (κ1) is 25.9. The molecule has 2 nitrogen and oxygen atoms in total. The number of nitrogens with zero attached hydrogens (tertiary/aromatic N) is 2. The summed E-state index contributed by atoms with van der Waals surface area (Å²) in [4.78, 5) is 0. The van der Waals surface area contributed by atoms with E-state index in [9.17, 15) is 0 Å². The van der Waals surface area contributed by atoms with Crippen LogP contribution in [0, 0.1) is 0 Å². The van der Waals surface area contributed by atoms with Crippen LogP contribution in [0.1, 0.15) is 25.1 Å². The van der Waals surface area contributed by atoms with Crippen LogP contribution < -0.4 is 0 Å². The average molecular weight is 577 g/mol. The van der Waals surface area contributed by atoms with Crippen molar-refractivity contribution in [1.82, 2.24) is 9.13 Å². The van der Waals surface area contributed by atoms with Gasteiger partial charge in [0.1, 0.15) is 0 Å². The molecular weight excluding hydrogens is 544 g/mol. The van der Waals surface area contributed by atoms with Gasteiger partial charge in [-0.05, 0) is 63.7 Å². The van der Waals surface area contributed by atoms with Crippen molar-refractivity contribution in [2.45, 2.75) is 19.3 Å². The van der Waals surface area contributed by atoms with Crippen LogP contribution in [0.5, 0.6) is 0 Å². The topological polar surface area (TPSA) is 9.86 Å². The standard InChI is InChI=1S/C43H32N2/c1-43(2)36-24-10-12-26-38(36)45-40(33-21-13-19-31(27-33)29-15-5-3-6-16-29)39-35-23-9-11-25-37(35)44(41(39)42(43)45)34-22-14-20-32(28-34)30-17-7-4-8-18-30/h3-28H,1-2H3. The van der Waals surface area contributed by atoms with Crippen molar-refractivity contribution in [3.05, 3.63) is 169 Å². The van der Waals surface area contributed by atoms with Crippen molar-refractivity contribution in [2.75, 3.05) is 0 Å². The van der Waals surface area contributed by atoms with Gasteiger partial charge in [0.2, 0.25) is 0 Å². The van der Waals surface area contributed by atoms with Gasteiger partial charge in [0.15, 0.2) is 0 Å². The van der Waals surface area contributed by atoms with Crippen LogP contribution in [0.3, 0.4) is 0 Å². The van der Waals surface area contributed by atoms with Gasteiger partial charge in [-0.3, -0.25) is 0 Å². The monoisotopic (exact) mass is 576 g/mol. The van der Waals surface area contributed by atoms with Crippen molar-refractivity contribution in [3.8, 4) is 44.9 Å². The zero-order valence-corrected chi connectivity index (χ0v) is 25.4. The molecule has 2 aromatic heterocycles. The third kappa shape index (κ3) is 3.76. The highest BCUT2D eigenvalue weighted by Gasteiger charge is 2.42. The molecule has 0 bridgehead atoms. The highest BCUT2D eigenvalue weighted by atomic mass is 15.1. The molecule has 8 aromatic rings. The van der Waals surface area contributed by atoms with E-state index in [2.05, 4.69) is 181 Å². The van der Waals surface area contributed by atoms with Crippen LogP contribution in [-0.2, 0) is 5.41 Å². The maximum Gasteiger partial charge on any atom is 0.0770 e. The van der Waals surface area contributed by atoms with E-state index < -0.39 is 0 Å². The molecule has 0 radical (unpaired) electrons. The van der Waals surface area contributed by atoms with Gasteiger partial charge in [0.05, 0.1) is 28.1 Å². The molecule has 0 atom stereocenters. The lowest BCUT2D eigenvalue weighted by Crippen LogP contribution is -2.16. The minimum Gasteiger partial charge on any atom is -0.310 e. The first-order valence-corrected chi connectivity index (χ1v) is 15.7. The average Bonchev–Trinajstić information content (AvgIpc) is 3.69. The van der Waals surface area contributed by atoms with E-state index in [1.807, 2.05) is 0 Å². The van der Waals surface area contributed by atoms with E-state index in [-0.39, 0.29) is 5.41 Å². The predicted octanol–water partition coefficient (Wildman–Crippen LogP) is 11.2. The van der Waals surface area contributed by atoms with E-state index >= 15 is 0 Å². The van der Waals surface area contributed by atoms with Gasteiger partial charge in [-0.2, -0.15) is 0 Å². The Balaban J connectivity index is 1.42. The van der Waals surface area contributed by atoms with Crippen molar-refractivity contribution in [3.63, 3.8) is 0 Å². The molecule has 2 heteroatoms. The Kier molecular flexibility index (Phi) is 5.58. The Morgan fingerprint density at radius 1 is 0.467 bits per heavy atom. The second kappa shape index (κ2) is 9.70. The fourth-order valence-electron chi connectivity index (χ4n) is 7.65. The van der Waals surface area contributed by atoms with Crippen LogP contribution >= 0.6 is 0 Å². The maximum absolute atomic E-state index is 2.56. The minimum atomic E-state index is -0.201. The second-order valence-corrected chi connectivity index (χ2v) is 12.6. The normalized spacial score (nSPS) is 13.3. The molecule has 0 saturated heterocycles. The van der Waals surface area contributed by atoms with Crippen LogP contribution in [0.4, 0.5) is 0 Å². The molecular formula is C43H32N2. The zero-order valence-electron chi connectivity index (χ0n) is 25.4. The first-order chi connectivity index (χ1) is 22.1. The molecule has 0 aliphatic carbocycles. The number of hydrogen-bond donors (Lipinski definition) is 0. The van der Waals surface area contributed by atoms with Gasteiger partial charge in [-0.25, -0.2) is 0 Å². The van der Waals surface area contributed by atoms with Gasteiger partial charge in [-0.1, -0.05) is 141 Å². The SMILES string of the molecule is CC1(C)c2ccccc2-n2c(-c3cccc(-c4ccccc4)c3)c3c4ccccc4n(-c4cccc(-c5ccccc5)c4)c3c21.